The lowest BCUT2D eigenvalue weighted by Crippen LogP contribution is -1.88. The maximum Gasteiger partial charge on any atom is 0.0827 e. The lowest BCUT2D eigenvalue weighted by Gasteiger charge is -2.03. The van der Waals surface area contributed by atoms with E-state index >= 15 is 0 Å². The third-order valence-electron chi connectivity index (χ3n) is 1.72. The van der Waals surface area contributed by atoms with E-state index in [4.69, 9.17) is 28.9 Å². The van der Waals surface area contributed by atoms with Crippen LogP contribution in [0, 0.1) is 0 Å². The summed E-state index contributed by atoms with van der Waals surface area (Å²) < 4.78 is 0. The van der Waals surface area contributed by atoms with Crippen molar-refractivity contribution in [1.29, 1.82) is 0 Å². The summed E-state index contributed by atoms with van der Waals surface area (Å²) in [5.74, 6) is 0. The fourth-order valence-corrected chi connectivity index (χ4v) is 1.65. The Kier molecular flexibility index (Phi) is 4.79. The van der Waals surface area contributed by atoms with Gasteiger partial charge in [-0.25, -0.2) is 0 Å². The Hall–Kier alpha value is -0.180. The number of hydrogen-bond acceptors (Lipinski definition) is 1. The van der Waals surface area contributed by atoms with Crippen molar-refractivity contribution in [3.63, 3.8) is 0 Å². The van der Waals surface area contributed by atoms with Crippen molar-refractivity contribution in [2.24, 2.45) is 0 Å². The zero-order chi connectivity index (χ0) is 10.6. The van der Waals surface area contributed by atoms with Gasteiger partial charge in [-0.1, -0.05) is 57.4 Å². The Morgan fingerprint density at radius 2 is 2.00 bits per heavy atom. The zero-order valence-electron chi connectivity index (χ0n) is 7.43. The van der Waals surface area contributed by atoms with Crippen LogP contribution in [-0.4, -0.2) is 5.33 Å². The Labute approximate surface area is 102 Å². The molecule has 0 aliphatic rings. The Bertz CT molecular complexity index is 350. The van der Waals surface area contributed by atoms with Crippen LogP contribution < -0.4 is 5.73 Å². The topological polar surface area (TPSA) is 26.0 Å². The predicted molar refractivity (Wildman–Crippen MR) is 68.3 cm³/mol. The molecule has 0 unspecified atom stereocenters. The number of hydrogen-bond donors (Lipinski definition) is 1. The number of halogens is 3. The van der Waals surface area contributed by atoms with E-state index < -0.39 is 0 Å². The molecule has 0 atom stereocenters. The van der Waals surface area contributed by atoms with Gasteiger partial charge in [0, 0.05) is 5.33 Å². The van der Waals surface area contributed by atoms with Crippen LogP contribution in [0.5, 0.6) is 0 Å². The number of rotatable bonds is 3. The highest BCUT2D eigenvalue weighted by molar-refractivity contribution is 9.09. The smallest absolute Gasteiger partial charge is 0.0827 e. The maximum absolute atomic E-state index is 6.00. The van der Waals surface area contributed by atoms with E-state index in [9.17, 15) is 0 Å². The van der Waals surface area contributed by atoms with E-state index in [-0.39, 0.29) is 0 Å². The molecule has 4 heteroatoms. The summed E-state index contributed by atoms with van der Waals surface area (Å²) in [5.41, 5.74) is 7.00. The minimum Gasteiger partial charge on any atom is -0.397 e. The second-order valence-electron chi connectivity index (χ2n) is 2.75. The van der Waals surface area contributed by atoms with E-state index in [2.05, 4.69) is 15.9 Å². The van der Waals surface area contributed by atoms with Gasteiger partial charge >= 0.3 is 0 Å². The number of alkyl halides is 1. The summed E-state index contributed by atoms with van der Waals surface area (Å²) in [4.78, 5) is 0. The van der Waals surface area contributed by atoms with Crippen molar-refractivity contribution in [2.75, 3.05) is 11.1 Å². The average Bonchev–Trinajstić information content (AvgIpc) is 2.18. The Balaban J connectivity index is 2.94. The van der Waals surface area contributed by atoms with E-state index in [1.165, 1.54) is 0 Å². The number of nitrogens with two attached hydrogens (primary N) is 1. The molecule has 0 aliphatic heterocycles. The summed E-state index contributed by atoms with van der Waals surface area (Å²) in [6.07, 6.45) is 4.93. The van der Waals surface area contributed by atoms with Gasteiger partial charge in [0.05, 0.1) is 15.7 Å². The van der Waals surface area contributed by atoms with Crippen LogP contribution in [0.3, 0.4) is 0 Å². The predicted octanol–water partition coefficient (Wildman–Crippen LogP) is 4.37. The molecule has 0 saturated carbocycles. The lowest BCUT2D eigenvalue weighted by molar-refractivity contribution is 1.27. The largest absolute Gasteiger partial charge is 0.397 e. The number of benzene rings is 1. The normalized spacial score (nSPS) is 11.1. The summed E-state index contributed by atoms with van der Waals surface area (Å²) in [6, 6.07) is 3.61. The molecule has 0 fully saturated rings. The van der Waals surface area contributed by atoms with Gasteiger partial charge in [-0.05, 0) is 18.1 Å². The fourth-order valence-electron chi connectivity index (χ4n) is 0.981. The fraction of sp³-hybridized carbons (Fsp3) is 0.200. The van der Waals surface area contributed by atoms with Crippen molar-refractivity contribution in [3.05, 3.63) is 33.8 Å². The van der Waals surface area contributed by atoms with Crippen molar-refractivity contribution in [1.82, 2.24) is 0 Å². The monoisotopic (exact) mass is 293 g/mol. The third kappa shape index (κ3) is 2.91. The lowest BCUT2D eigenvalue weighted by atomic mass is 10.2. The molecule has 2 N–H and O–H groups in total. The van der Waals surface area contributed by atoms with Crippen molar-refractivity contribution in [3.8, 4) is 0 Å². The molecule has 0 radical (unpaired) electrons. The van der Waals surface area contributed by atoms with Gasteiger partial charge in [0.15, 0.2) is 0 Å². The molecule has 0 saturated heterocycles. The van der Waals surface area contributed by atoms with Crippen LogP contribution in [0.25, 0.3) is 6.08 Å². The first kappa shape index (κ1) is 11.9. The Morgan fingerprint density at radius 3 is 2.64 bits per heavy atom. The first-order chi connectivity index (χ1) is 6.66. The standard InChI is InChI=1S/C10H10BrCl2N/c11-6-2-1-3-7-4-5-8(14)10(13)9(7)12/h1,3-5H,2,6,14H2. The van der Waals surface area contributed by atoms with Crippen molar-refractivity contribution < 1.29 is 0 Å². The molecule has 0 aliphatic carbocycles. The van der Waals surface area contributed by atoms with E-state index in [1.54, 1.807) is 6.07 Å². The number of allylic oxidation sites excluding steroid dienone is 1. The van der Waals surface area contributed by atoms with Gasteiger partial charge in [0.1, 0.15) is 0 Å². The van der Waals surface area contributed by atoms with Crippen LogP contribution >= 0.6 is 39.1 Å². The molecule has 1 rings (SSSR count). The molecule has 0 bridgehead atoms. The van der Waals surface area contributed by atoms with Gasteiger partial charge < -0.3 is 5.73 Å². The van der Waals surface area contributed by atoms with Gasteiger partial charge in [0.2, 0.25) is 0 Å². The summed E-state index contributed by atoms with van der Waals surface area (Å²) in [6.45, 7) is 0. The zero-order valence-corrected chi connectivity index (χ0v) is 10.5. The van der Waals surface area contributed by atoms with Crippen molar-refractivity contribution in [2.45, 2.75) is 6.42 Å². The van der Waals surface area contributed by atoms with Gasteiger partial charge in [-0.3, -0.25) is 0 Å². The number of nitrogen functional groups attached to an aromatic ring is 1. The van der Waals surface area contributed by atoms with E-state index in [0.717, 1.165) is 17.3 Å². The molecule has 0 heterocycles. The molecule has 0 aromatic heterocycles. The Morgan fingerprint density at radius 1 is 1.29 bits per heavy atom. The highest BCUT2D eigenvalue weighted by Crippen LogP contribution is 2.31. The molecule has 1 aromatic rings. The first-order valence-corrected chi connectivity index (χ1v) is 6.00. The highest BCUT2D eigenvalue weighted by atomic mass is 79.9. The van der Waals surface area contributed by atoms with Crippen LogP contribution in [0.4, 0.5) is 5.69 Å². The second-order valence-corrected chi connectivity index (χ2v) is 4.30. The average molecular weight is 295 g/mol. The molecular weight excluding hydrogens is 285 g/mol. The highest BCUT2D eigenvalue weighted by Gasteiger charge is 2.04. The van der Waals surface area contributed by atoms with Crippen LogP contribution in [0.2, 0.25) is 10.0 Å². The van der Waals surface area contributed by atoms with Gasteiger partial charge in [-0.15, -0.1) is 0 Å². The maximum atomic E-state index is 6.00. The van der Waals surface area contributed by atoms with Crippen molar-refractivity contribution >= 4 is 50.9 Å². The van der Waals surface area contributed by atoms with E-state index in [1.807, 2.05) is 18.2 Å². The minimum absolute atomic E-state index is 0.424. The van der Waals surface area contributed by atoms with Gasteiger partial charge in [0.25, 0.3) is 0 Å². The van der Waals surface area contributed by atoms with Crippen LogP contribution in [-0.2, 0) is 0 Å². The molecule has 76 valence electrons. The van der Waals surface area contributed by atoms with E-state index in [0.29, 0.717) is 15.7 Å². The molecule has 0 amide bonds. The number of anilines is 1. The first-order valence-electron chi connectivity index (χ1n) is 4.12. The van der Waals surface area contributed by atoms with Gasteiger partial charge in [-0.2, -0.15) is 0 Å². The summed E-state index contributed by atoms with van der Waals surface area (Å²) in [7, 11) is 0. The molecule has 1 aromatic carbocycles. The van der Waals surface area contributed by atoms with Crippen LogP contribution in [0.1, 0.15) is 12.0 Å². The minimum atomic E-state index is 0.424. The molecule has 1 nitrogen and oxygen atoms in total. The molecule has 14 heavy (non-hydrogen) atoms. The molecule has 0 spiro atoms. The summed E-state index contributed by atoms with van der Waals surface area (Å²) >= 11 is 15.2. The summed E-state index contributed by atoms with van der Waals surface area (Å²) in [5, 5.41) is 1.87. The third-order valence-corrected chi connectivity index (χ3v) is 3.08. The van der Waals surface area contributed by atoms with Crippen LogP contribution in [0.15, 0.2) is 18.2 Å². The second kappa shape index (κ2) is 5.64. The molecular formula is C10H10BrCl2N. The quantitative estimate of drug-likeness (QED) is 0.650. The SMILES string of the molecule is Nc1ccc(C=CCCBr)c(Cl)c1Cl.